The van der Waals surface area contributed by atoms with Crippen molar-refractivity contribution in [1.29, 1.82) is 0 Å². The number of carbonyl (C=O) groups excluding carboxylic acids is 1. The Labute approximate surface area is 72.7 Å². The molecule has 5 heteroatoms. The molecule has 0 rings (SSSR count). The van der Waals surface area contributed by atoms with Crippen LogP contribution in [0.15, 0.2) is 0 Å². The molecule has 1 atom stereocenters. The molecule has 68 valence electrons. The Morgan fingerprint density at radius 2 is 1.83 bits per heavy atom. The summed E-state index contributed by atoms with van der Waals surface area (Å²) in [5.41, 5.74) is -0.461. The zero-order valence-corrected chi connectivity index (χ0v) is 7.84. The van der Waals surface area contributed by atoms with E-state index in [1.807, 2.05) is 0 Å². The maximum atomic E-state index is 10.7. The molecule has 4 nitrogen and oxygen atoms in total. The van der Waals surface area contributed by atoms with Gasteiger partial charge in [0.15, 0.2) is 5.81 Å². The van der Waals surface area contributed by atoms with Crippen molar-refractivity contribution in [2.45, 2.75) is 26.8 Å². The van der Waals surface area contributed by atoms with Gasteiger partial charge in [-0.3, -0.25) is 4.79 Å². The second-order valence-electron chi connectivity index (χ2n) is 3.84. The molecule has 0 saturated heterocycles. The summed E-state index contributed by atoms with van der Waals surface area (Å²) in [6.45, 7) is 5.30. The molecule has 0 heterocycles. The molecule has 0 radical (unpaired) electrons. The fourth-order valence-corrected chi connectivity index (χ4v) is 0.852. The largest absolute Gasteiger partial charge is 0.480 e. The summed E-state index contributed by atoms with van der Waals surface area (Å²) in [7, 11) is 1.31. The van der Waals surface area contributed by atoms with Gasteiger partial charge in [-0.25, -0.2) is 4.79 Å². The predicted octanol–water partition coefficient (Wildman–Crippen LogP) is -0.172. The summed E-state index contributed by atoms with van der Waals surface area (Å²) in [6.07, 6.45) is 0. The third kappa shape index (κ3) is 3.41. The average molecular weight is 171 g/mol. The van der Waals surface area contributed by atoms with Crippen LogP contribution in [0.3, 0.4) is 0 Å². The maximum absolute atomic E-state index is 10.7. The van der Waals surface area contributed by atoms with Crippen LogP contribution in [0.4, 0.5) is 4.79 Å². The van der Waals surface area contributed by atoms with Crippen LogP contribution in [0.5, 0.6) is 0 Å². The monoisotopic (exact) mass is 171 g/mol. The van der Waals surface area contributed by atoms with Crippen LogP contribution < -0.4 is 5.32 Å². The minimum Gasteiger partial charge on any atom is -0.480 e. The van der Waals surface area contributed by atoms with E-state index in [0.29, 0.717) is 0 Å². The lowest BCUT2D eigenvalue weighted by molar-refractivity contribution is -0.141. The summed E-state index contributed by atoms with van der Waals surface area (Å²) >= 11 is 0. The molecule has 0 unspecified atom stereocenters. The van der Waals surface area contributed by atoms with Gasteiger partial charge in [-0.1, -0.05) is 20.8 Å². The highest BCUT2D eigenvalue weighted by Crippen LogP contribution is 2.19. The third-order valence-electron chi connectivity index (χ3n) is 1.46. The molecule has 0 aliphatic rings. The molecule has 2 N–H and O–H groups in total. The lowest BCUT2D eigenvalue weighted by atomic mass is 9.86. The van der Waals surface area contributed by atoms with Crippen molar-refractivity contribution in [3.8, 4) is 0 Å². The molecule has 12 heavy (non-hydrogen) atoms. The van der Waals surface area contributed by atoms with Crippen LogP contribution in [0.25, 0.3) is 0 Å². The molecule has 0 aromatic rings. The number of carbonyl (C=O) groups is 2. The van der Waals surface area contributed by atoms with E-state index >= 15 is 0 Å². The summed E-state index contributed by atoms with van der Waals surface area (Å²) in [5.74, 6) is -1.32. The number of hydrogen-bond acceptors (Lipinski definition) is 2. The van der Waals surface area contributed by atoms with E-state index in [1.54, 1.807) is 20.8 Å². The lowest BCUT2D eigenvalue weighted by Crippen LogP contribution is -2.48. The van der Waals surface area contributed by atoms with Gasteiger partial charge in [-0.15, -0.1) is 0 Å². The third-order valence-corrected chi connectivity index (χ3v) is 1.46. The fraction of sp³-hybridized carbons (Fsp3) is 0.714. The summed E-state index contributed by atoms with van der Waals surface area (Å²) in [6, 6.07) is -0.824. The first-order valence-corrected chi connectivity index (χ1v) is 3.75. The van der Waals surface area contributed by atoms with E-state index in [0.717, 1.165) is 0 Å². The van der Waals surface area contributed by atoms with Crippen LogP contribution in [0.2, 0.25) is 0 Å². The Morgan fingerprint density at radius 1 is 1.42 bits per heavy atom. The topological polar surface area (TPSA) is 66.4 Å². The Morgan fingerprint density at radius 3 is 1.92 bits per heavy atom. The SMILES string of the molecule is BC(=O)N[C@H](C(=O)O)C(C)(C)C. The highest BCUT2D eigenvalue weighted by Gasteiger charge is 2.31. The molecule has 0 saturated carbocycles. The molecular weight excluding hydrogens is 157 g/mol. The Bertz CT molecular complexity index is 197. The van der Waals surface area contributed by atoms with E-state index in [1.165, 1.54) is 7.85 Å². The second-order valence-corrected chi connectivity index (χ2v) is 3.84. The number of carboxylic acids is 1. The fourth-order valence-electron chi connectivity index (χ4n) is 0.852. The van der Waals surface area contributed by atoms with Gasteiger partial charge in [0.05, 0.1) is 0 Å². The normalized spacial score (nSPS) is 13.6. The molecule has 1 amide bonds. The van der Waals surface area contributed by atoms with Gasteiger partial charge in [0.2, 0.25) is 7.85 Å². The average Bonchev–Trinajstić information content (AvgIpc) is 1.79. The second kappa shape index (κ2) is 3.60. The first-order valence-electron chi connectivity index (χ1n) is 3.75. The summed E-state index contributed by atoms with van der Waals surface area (Å²) in [4.78, 5) is 21.3. The van der Waals surface area contributed by atoms with Crippen molar-refractivity contribution < 1.29 is 14.7 Å². The van der Waals surface area contributed by atoms with Gasteiger partial charge in [0.1, 0.15) is 6.04 Å². The van der Waals surface area contributed by atoms with Gasteiger partial charge in [0, 0.05) is 0 Å². The van der Waals surface area contributed by atoms with Gasteiger partial charge in [-0.2, -0.15) is 0 Å². The van der Waals surface area contributed by atoms with Gasteiger partial charge < -0.3 is 10.4 Å². The van der Waals surface area contributed by atoms with Crippen LogP contribution in [0.1, 0.15) is 20.8 Å². The van der Waals surface area contributed by atoms with Crippen molar-refractivity contribution in [2.75, 3.05) is 0 Å². The molecule has 0 spiro atoms. The van der Waals surface area contributed by atoms with E-state index < -0.39 is 17.4 Å². The minimum atomic E-state index is -1.00. The highest BCUT2D eigenvalue weighted by molar-refractivity contribution is 6.57. The number of nitrogens with one attached hydrogen (secondary N) is 1. The van der Waals surface area contributed by atoms with Crippen molar-refractivity contribution in [2.24, 2.45) is 5.41 Å². The van der Waals surface area contributed by atoms with Crippen LogP contribution >= 0.6 is 0 Å². The van der Waals surface area contributed by atoms with E-state index in [4.69, 9.17) is 5.11 Å². The first kappa shape index (κ1) is 11.0. The lowest BCUT2D eigenvalue weighted by Gasteiger charge is -2.27. The summed E-state index contributed by atoms with van der Waals surface area (Å²) in [5, 5.41) is 11.1. The van der Waals surface area contributed by atoms with Gasteiger partial charge in [0.25, 0.3) is 0 Å². The van der Waals surface area contributed by atoms with Gasteiger partial charge in [-0.05, 0) is 5.41 Å². The van der Waals surface area contributed by atoms with E-state index in [9.17, 15) is 9.59 Å². The summed E-state index contributed by atoms with van der Waals surface area (Å²) < 4.78 is 0. The van der Waals surface area contributed by atoms with Crippen molar-refractivity contribution in [3.05, 3.63) is 0 Å². The molecule has 0 fully saturated rings. The quantitative estimate of drug-likeness (QED) is 0.566. The number of amides is 1. The number of rotatable bonds is 2. The van der Waals surface area contributed by atoms with Crippen molar-refractivity contribution >= 4 is 19.6 Å². The van der Waals surface area contributed by atoms with Crippen molar-refractivity contribution in [3.63, 3.8) is 0 Å². The molecule has 0 aliphatic heterocycles. The Hall–Kier alpha value is -0.995. The van der Waals surface area contributed by atoms with Crippen LogP contribution in [-0.2, 0) is 4.79 Å². The molecular formula is C7H14BNO3. The molecule has 0 bridgehead atoms. The molecule has 0 aromatic carbocycles. The van der Waals surface area contributed by atoms with Crippen molar-refractivity contribution in [1.82, 2.24) is 5.32 Å². The zero-order valence-electron chi connectivity index (χ0n) is 7.84. The highest BCUT2D eigenvalue weighted by atomic mass is 16.4. The van der Waals surface area contributed by atoms with E-state index in [2.05, 4.69) is 5.32 Å². The van der Waals surface area contributed by atoms with Gasteiger partial charge >= 0.3 is 5.97 Å². The van der Waals surface area contributed by atoms with E-state index in [-0.39, 0.29) is 5.81 Å². The number of aliphatic carboxylic acids is 1. The van der Waals surface area contributed by atoms with Crippen LogP contribution in [0, 0.1) is 5.41 Å². The standard InChI is InChI=1S/C7H14BNO3/c1-7(2,3)4(5(10)11)9-6(8)12/h4H,8H2,1-3H3,(H,9,12)(H,10,11)/t4-/m1/s1. The first-order chi connectivity index (χ1) is 5.25. The Kier molecular flexibility index (Phi) is 3.30. The zero-order chi connectivity index (χ0) is 9.94. The smallest absolute Gasteiger partial charge is 0.326 e. The molecule has 0 aromatic heterocycles. The van der Waals surface area contributed by atoms with Crippen LogP contribution in [-0.4, -0.2) is 30.8 Å². The molecule has 0 aliphatic carbocycles. The maximum Gasteiger partial charge on any atom is 0.326 e. The number of hydrogen-bond donors (Lipinski definition) is 2. The number of carboxylic acid groups (broad SMARTS) is 1. The predicted molar refractivity (Wildman–Crippen MR) is 48.0 cm³/mol. The Balaban J connectivity index is 4.46. The minimum absolute atomic E-state index is 0.322.